The van der Waals surface area contributed by atoms with Gasteiger partial charge in [-0.1, -0.05) is 6.42 Å². The van der Waals surface area contributed by atoms with E-state index < -0.39 is 26.1 Å². The Morgan fingerprint density at radius 1 is 1.29 bits per heavy atom. The zero-order chi connectivity index (χ0) is 15.8. The normalized spacial score (nSPS) is 21.8. The van der Waals surface area contributed by atoms with Gasteiger partial charge in [0.05, 0.1) is 17.9 Å². The fraction of sp³-hybridized carbons (Fsp3) is 0.727. The lowest BCUT2D eigenvalue weighted by Gasteiger charge is -2.35. The van der Waals surface area contributed by atoms with Crippen LogP contribution in [0.2, 0.25) is 0 Å². The Labute approximate surface area is 125 Å². The quantitative estimate of drug-likeness (QED) is 0.843. The van der Waals surface area contributed by atoms with Crippen molar-refractivity contribution in [2.24, 2.45) is 0 Å². The Morgan fingerprint density at radius 2 is 1.95 bits per heavy atom. The molecule has 21 heavy (non-hydrogen) atoms. The summed E-state index contributed by atoms with van der Waals surface area (Å²) in [4.78, 5) is 0.0633. The van der Waals surface area contributed by atoms with E-state index in [1.807, 2.05) is 0 Å². The van der Waals surface area contributed by atoms with Crippen molar-refractivity contribution in [3.63, 3.8) is 0 Å². The van der Waals surface area contributed by atoms with Gasteiger partial charge in [-0.2, -0.15) is 22.1 Å². The molecule has 1 saturated heterocycles. The third kappa shape index (κ3) is 3.12. The second kappa shape index (κ2) is 5.67. The third-order valence-corrected chi connectivity index (χ3v) is 6.65. The molecule has 1 aromatic heterocycles. The fourth-order valence-corrected chi connectivity index (χ4v) is 4.64. The fourth-order valence-electron chi connectivity index (χ4n) is 2.50. The zero-order valence-electron chi connectivity index (χ0n) is 12.3. The second-order valence-electron chi connectivity index (χ2n) is 5.33. The number of hydrogen-bond acceptors (Lipinski definition) is 5. The van der Waals surface area contributed by atoms with Crippen molar-refractivity contribution < 1.29 is 16.8 Å². The minimum atomic E-state index is -3.61. The predicted octanol–water partition coefficient (Wildman–Crippen LogP) is 0.147. The summed E-state index contributed by atoms with van der Waals surface area (Å²) in [5.74, 6) is 0. The van der Waals surface area contributed by atoms with Crippen LogP contribution >= 0.6 is 0 Å². The second-order valence-corrected chi connectivity index (χ2v) is 9.41. The number of rotatable bonds is 4. The van der Waals surface area contributed by atoms with Gasteiger partial charge in [0.2, 0.25) is 0 Å². The highest BCUT2D eigenvalue weighted by atomic mass is 32.2. The molecule has 1 aromatic rings. The molecule has 0 spiro atoms. The molecule has 8 nitrogen and oxygen atoms in total. The lowest BCUT2D eigenvalue weighted by atomic mass is 10.0. The molecule has 1 atom stereocenters. The van der Waals surface area contributed by atoms with Crippen LogP contribution in [0.25, 0.3) is 0 Å². The van der Waals surface area contributed by atoms with Gasteiger partial charge in [0.15, 0.2) is 9.84 Å². The van der Waals surface area contributed by atoms with Gasteiger partial charge in [0.1, 0.15) is 4.90 Å². The molecule has 120 valence electrons. The van der Waals surface area contributed by atoms with E-state index in [1.54, 1.807) is 0 Å². The molecule has 1 aliphatic rings. The van der Waals surface area contributed by atoms with Crippen molar-refractivity contribution >= 4 is 20.0 Å². The number of aromatic amines is 1. The van der Waals surface area contributed by atoms with Gasteiger partial charge in [0, 0.05) is 26.9 Å². The minimum Gasteiger partial charge on any atom is -0.280 e. The average molecular weight is 336 g/mol. The van der Waals surface area contributed by atoms with Gasteiger partial charge >= 0.3 is 0 Å². The van der Waals surface area contributed by atoms with Crippen molar-refractivity contribution in [3.05, 3.63) is 11.9 Å². The van der Waals surface area contributed by atoms with Crippen molar-refractivity contribution in [2.75, 3.05) is 26.9 Å². The number of H-pyrrole nitrogens is 1. The van der Waals surface area contributed by atoms with Crippen molar-refractivity contribution in [3.8, 4) is 0 Å². The monoisotopic (exact) mass is 336 g/mol. The van der Waals surface area contributed by atoms with E-state index in [-0.39, 0.29) is 4.90 Å². The van der Waals surface area contributed by atoms with Crippen LogP contribution in [0.5, 0.6) is 0 Å². The first-order valence-electron chi connectivity index (χ1n) is 6.58. The molecule has 0 aliphatic carbocycles. The van der Waals surface area contributed by atoms with E-state index in [0.29, 0.717) is 18.7 Å². The average Bonchev–Trinajstić information content (AvgIpc) is 2.87. The molecule has 0 aromatic carbocycles. The summed E-state index contributed by atoms with van der Waals surface area (Å²) in [6, 6.07) is -0.529. The highest BCUT2D eigenvalue weighted by Crippen LogP contribution is 2.35. The Kier molecular flexibility index (Phi) is 4.43. The smallest absolute Gasteiger partial charge is 0.280 e. The van der Waals surface area contributed by atoms with E-state index in [4.69, 9.17) is 0 Å². The van der Waals surface area contributed by atoms with Gasteiger partial charge in [-0.3, -0.25) is 5.10 Å². The largest absolute Gasteiger partial charge is 0.282 e. The highest BCUT2D eigenvalue weighted by Gasteiger charge is 2.37. The first-order chi connectivity index (χ1) is 9.65. The zero-order valence-corrected chi connectivity index (χ0v) is 13.9. The summed E-state index contributed by atoms with van der Waals surface area (Å²) in [5, 5.41) is 6.46. The van der Waals surface area contributed by atoms with E-state index in [9.17, 15) is 16.8 Å². The van der Waals surface area contributed by atoms with Crippen molar-refractivity contribution in [1.29, 1.82) is 0 Å². The number of sulfone groups is 1. The van der Waals surface area contributed by atoms with E-state index >= 15 is 0 Å². The first kappa shape index (κ1) is 16.4. The lowest BCUT2D eigenvalue weighted by molar-refractivity contribution is 0.236. The van der Waals surface area contributed by atoms with Crippen LogP contribution in [-0.4, -0.2) is 62.5 Å². The van der Waals surface area contributed by atoms with Crippen molar-refractivity contribution in [2.45, 2.75) is 30.2 Å². The maximum Gasteiger partial charge on any atom is 0.282 e. The molecule has 1 N–H and O–H groups in total. The third-order valence-electron chi connectivity index (χ3n) is 3.58. The number of nitrogens with zero attached hydrogens (tertiary/aromatic N) is 3. The topological polar surface area (TPSA) is 103 Å². The van der Waals surface area contributed by atoms with Gasteiger partial charge < -0.3 is 0 Å². The Morgan fingerprint density at radius 3 is 2.52 bits per heavy atom. The van der Waals surface area contributed by atoms with Crippen molar-refractivity contribution in [1.82, 2.24) is 18.8 Å². The van der Waals surface area contributed by atoms with E-state index in [1.165, 1.54) is 24.6 Å². The molecule has 0 unspecified atom stereocenters. The molecule has 0 amide bonds. The molecule has 0 bridgehead atoms. The van der Waals surface area contributed by atoms with Crippen LogP contribution in [0.4, 0.5) is 0 Å². The number of piperidine rings is 1. The number of aromatic nitrogens is 2. The maximum atomic E-state index is 12.4. The number of hydrogen-bond donors (Lipinski definition) is 1. The summed E-state index contributed by atoms with van der Waals surface area (Å²) in [5.41, 5.74) is 0.350. The summed E-state index contributed by atoms with van der Waals surface area (Å²) >= 11 is 0. The van der Waals surface area contributed by atoms with Crippen LogP contribution in [0, 0.1) is 0 Å². The van der Waals surface area contributed by atoms with E-state index in [0.717, 1.165) is 23.4 Å². The summed E-state index contributed by atoms with van der Waals surface area (Å²) in [6.07, 6.45) is 4.49. The minimum absolute atomic E-state index is 0.0633. The molecular weight excluding hydrogens is 316 g/mol. The molecule has 2 rings (SSSR count). The molecule has 0 radical (unpaired) electrons. The van der Waals surface area contributed by atoms with Crippen LogP contribution < -0.4 is 0 Å². The summed E-state index contributed by atoms with van der Waals surface area (Å²) in [6.45, 7) is 0.368. The van der Waals surface area contributed by atoms with E-state index in [2.05, 4.69) is 10.2 Å². The Hall–Kier alpha value is -0.970. The lowest BCUT2D eigenvalue weighted by Crippen LogP contribution is -2.45. The van der Waals surface area contributed by atoms with Gasteiger partial charge in [-0.25, -0.2) is 8.42 Å². The standard InChI is InChI=1S/C11H20N4O4S2/c1-14(2)21(18,19)15-7-5-4-6-9(15)11-10(8-12-13-11)20(3,16)17/h8-9H,4-7H2,1-3H3,(H,12,13)/t9-/m1/s1. The first-order valence-corrected chi connectivity index (χ1v) is 9.87. The molecular formula is C11H20N4O4S2. The van der Waals surface area contributed by atoms with Crippen LogP contribution in [0.15, 0.2) is 11.1 Å². The SMILES string of the molecule is CN(C)S(=O)(=O)N1CCCC[C@@H]1c1[nH]ncc1S(C)(=O)=O. The predicted molar refractivity (Wildman–Crippen MR) is 77.6 cm³/mol. The van der Waals surface area contributed by atoms with Crippen LogP contribution in [0.1, 0.15) is 31.0 Å². The summed E-state index contributed by atoms with van der Waals surface area (Å²) in [7, 11) is -4.14. The summed E-state index contributed by atoms with van der Waals surface area (Å²) < 4.78 is 50.9. The van der Waals surface area contributed by atoms with Crippen LogP contribution in [0.3, 0.4) is 0 Å². The van der Waals surface area contributed by atoms with Gasteiger partial charge in [-0.15, -0.1) is 0 Å². The molecule has 2 heterocycles. The maximum absolute atomic E-state index is 12.4. The molecule has 1 aliphatic heterocycles. The van der Waals surface area contributed by atoms with Crippen LogP contribution in [-0.2, 0) is 20.0 Å². The molecule has 10 heteroatoms. The molecule has 1 fully saturated rings. The van der Waals surface area contributed by atoms with Gasteiger partial charge in [0.25, 0.3) is 10.2 Å². The number of nitrogens with one attached hydrogen (secondary N) is 1. The molecule has 0 saturated carbocycles. The Balaban J connectivity index is 2.49. The Bertz CT molecular complexity index is 708. The van der Waals surface area contributed by atoms with Gasteiger partial charge in [-0.05, 0) is 12.8 Å². The highest BCUT2D eigenvalue weighted by molar-refractivity contribution is 7.90.